The molecular formula is C24H19FN4O3. The zero-order valence-corrected chi connectivity index (χ0v) is 17.2. The van der Waals surface area contributed by atoms with Crippen LogP contribution in [0.1, 0.15) is 21.6 Å². The van der Waals surface area contributed by atoms with E-state index in [4.69, 9.17) is 0 Å². The smallest absolute Gasteiger partial charge is 0.320 e. The first-order valence-corrected chi connectivity index (χ1v) is 9.85. The van der Waals surface area contributed by atoms with Gasteiger partial charge in [0.15, 0.2) is 0 Å². The minimum atomic E-state index is -0.863. The molecule has 1 amide bonds. The number of nitrogens with zero attached hydrogens (tertiary/aromatic N) is 3. The molecule has 0 atom stereocenters. The second-order valence-corrected chi connectivity index (χ2v) is 7.19. The van der Waals surface area contributed by atoms with Crippen LogP contribution in [0, 0.1) is 12.7 Å². The summed E-state index contributed by atoms with van der Waals surface area (Å²) in [7, 11) is 0. The molecule has 1 aromatic heterocycles. The molecule has 32 heavy (non-hydrogen) atoms. The molecule has 0 fully saturated rings. The van der Waals surface area contributed by atoms with E-state index >= 15 is 0 Å². The van der Waals surface area contributed by atoms with Crippen LogP contribution >= 0.6 is 0 Å². The van der Waals surface area contributed by atoms with Crippen molar-refractivity contribution in [2.75, 3.05) is 5.32 Å². The molecule has 8 heteroatoms. The molecule has 3 aromatic carbocycles. The first kappa shape index (κ1) is 20.9. The number of carbonyl (C=O) groups excluding carboxylic acids is 1. The van der Waals surface area contributed by atoms with Gasteiger partial charge in [0.25, 0.3) is 11.5 Å². The van der Waals surface area contributed by atoms with Crippen LogP contribution in [-0.4, -0.2) is 20.3 Å². The van der Waals surface area contributed by atoms with Crippen molar-refractivity contribution in [3.05, 3.63) is 122 Å². The lowest BCUT2D eigenvalue weighted by molar-refractivity contribution is 0.101. The second kappa shape index (κ2) is 8.81. The van der Waals surface area contributed by atoms with Gasteiger partial charge in [0, 0.05) is 5.69 Å². The zero-order valence-electron chi connectivity index (χ0n) is 17.2. The third-order valence-electron chi connectivity index (χ3n) is 4.81. The normalized spacial score (nSPS) is 10.7. The van der Waals surface area contributed by atoms with Crippen LogP contribution in [-0.2, 0) is 6.54 Å². The first-order valence-electron chi connectivity index (χ1n) is 9.85. The predicted molar refractivity (Wildman–Crippen MR) is 119 cm³/mol. The molecule has 160 valence electrons. The van der Waals surface area contributed by atoms with E-state index in [0.29, 0.717) is 11.3 Å². The highest BCUT2D eigenvalue weighted by molar-refractivity contribution is 6.02. The molecule has 4 aromatic rings. The summed E-state index contributed by atoms with van der Waals surface area (Å²) in [6.45, 7) is 1.79. The molecule has 1 N–H and O–H groups in total. The van der Waals surface area contributed by atoms with E-state index in [-0.39, 0.29) is 12.2 Å². The van der Waals surface area contributed by atoms with Gasteiger partial charge in [-0.1, -0.05) is 60.2 Å². The van der Waals surface area contributed by atoms with Gasteiger partial charge in [0.2, 0.25) is 5.69 Å². The molecule has 0 saturated heterocycles. The molecular weight excluding hydrogens is 411 g/mol. The fraction of sp³-hybridized carbons (Fsp3) is 0.0833. The molecule has 4 rings (SSSR count). The SMILES string of the molecule is Cc1cccc(Cn2c(=O)c(C(=O)Nc3ccccc3)nn(-c3ccccc3F)c2=O)c1. The summed E-state index contributed by atoms with van der Waals surface area (Å²) in [5.74, 6) is -1.51. The summed E-state index contributed by atoms with van der Waals surface area (Å²) in [5.41, 5.74) is -0.317. The van der Waals surface area contributed by atoms with Gasteiger partial charge in [-0.25, -0.2) is 9.18 Å². The third kappa shape index (κ3) is 4.24. The number of hydrogen-bond donors (Lipinski definition) is 1. The maximum Gasteiger partial charge on any atom is 0.352 e. The Kier molecular flexibility index (Phi) is 5.76. The predicted octanol–water partition coefficient (Wildman–Crippen LogP) is 3.14. The van der Waals surface area contributed by atoms with Crippen molar-refractivity contribution < 1.29 is 9.18 Å². The van der Waals surface area contributed by atoms with Gasteiger partial charge in [-0.2, -0.15) is 9.78 Å². The molecule has 0 aliphatic heterocycles. The van der Waals surface area contributed by atoms with Crippen molar-refractivity contribution in [1.29, 1.82) is 0 Å². The van der Waals surface area contributed by atoms with Crippen LogP contribution in [0.5, 0.6) is 0 Å². The Morgan fingerprint density at radius 1 is 0.969 bits per heavy atom. The van der Waals surface area contributed by atoms with Crippen LogP contribution < -0.4 is 16.6 Å². The van der Waals surface area contributed by atoms with Crippen LogP contribution in [0.3, 0.4) is 0 Å². The number of anilines is 1. The minimum Gasteiger partial charge on any atom is -0.320 e. The number of hydrogen-bond acceptors (Lipinski definition) is 4. The summed E-state index contributed by atoms with van der Waals surface area (Å²) >= 11 is 0. The lowest BCUT2D eigenvalue weighted by atomic mass is 10.1. The number of aryl methyl sites for hydroxylation is 1. The Labute approximate surface area is 182 Å². The van der Waals surface area contributed by atoms with Crippen molar-refractivity contribution in [1.82, 2.24) is 14.3 Å². The van der Waals surface area contributed by atoms with Crippen molar-refractivity contribution in [2.45, 2.75) is 13.5 Å². The summed E-state index contributed by atoms with van der Waals surface area (Å²) in [6, 6.07) is 21.3. The number of rotatable bonds is 5. The Morgan fingerprint density at radius 3 is 2.41 bits per heavy atom. The summed E-state index contributed by atoms with van der Waals surface area (Å²) in [6.07, 6.45) is 0. The number of amides is 1. The van der Waals surface area contributed by atoms with Crippen LogP contribution in [0.2, 0.25) is 0 Å². The number of carbonyl (C=O) groups is 1. The van der Waals surface area contributed by atoms with E-state index in [1.54, 1.807) is 42.5 Å². The van der Waals surface area contributed by atoms with Crippen molar-refractivity contribution in [3.63, 3.8) is 0 Å². The summed E-state index contributed by atoms with van der Waals surface area (Å²) in [4.78, 5) is 39.1. The number of benzene rings is 3. The van der Waals surface area contributed by atoms with E-state index in [0.717, 1.165) is 14.8 Å². The van der Waals surface area contributed by atoms with Gasteiger partial charge in [0.1, 0.15) is 11.5 Å². The van der Waals surface area contributed by atoms with Crippen molar-refractivity contribution in [3.8, 4) is 5.69 Å². The van der Waals surface area contributed by atoms with Gasteiger partial charge in [-0.3, -0.25) is 14.2 Å². The fourth-order valence-corrected chi connectivity index (χ4v) is 3.28. The number of aromatic nitrogens is 3. The molecule has 7 nitrogen and oxygen atoms in total. The third-order valence-corrected chi connectivity index (χ3v) is 4.81. The highest BCUT2D eigenvalue weighted by Crippen LogP contribution is 2.11. The molecule has 0 unspecified atom stereocenters. The highest BCUT2D eigenvalue weighted by atomic mass is 19.1. The lowest BCUT2D eigenvalue weighted by Crippen LogP contribution is -2.45. The van der Waals surface area contributed by atoms with Gasteiger partial charge in [0.05, 0.1) is 6.54 Å². The topological polar surface area (TPSA) is 86.0 Å². The van der Waals surface area contributed by atoms with Crippen LogP contribution in [0.15, 0.2) is 88.5 Å². The van der Waals surface area contributed by atoms with Gasteiger partial charge >= 0.3 is 5.69 Å². The Hall–Kier alpha value is -4.33. The lowest BCUT2D eigenvalue weighted by Gasteiger charge is -2.13. The van der Waals surface area contributed by atoms with Gasteiger partial charge in [-0.15, -0.1) is 0 Å². The minimum absolute atomic E-state index is 0.0953. The van der Waals surface area contributed by atoms with Gasteiger partial charge in [-0.05, 0) is 36.8 Å². The van der Waals surface area contributed by atoms with E-state index in [9.17, 15) is 18.8 Å². The average Bonchev–Trinajstić information content (AvgIpc) is 2.78. The van der Waals surface area contributed by atoms with Crippen molar-refractivity contribution >= 4 is 11.6 Å². The van der Waals surface area contributed by atoms with Gasteiger partial charge < -0.3 is 5.32 Å². The molecule has 0 bridgehead atoms. The second-order valence-electron chi connectivity index (χ2n) is 7.19. The summed E-state index contributed by atoms with van der Waals surface area (Å²) in [5, 5.41) is 6.53. The van der Waals surface area contributed by atoms with E-state index in [1.165, 1.54) is 24.3 Å². The molecule has 0 saturated carbocycles. The largest absolute Gasteiger partial charge is 0.352 e. The van der Waals surface area contributed by atoms with E-state index in [1.807, 2.05) is 19.1 Å². The fourth-order valence-electron chi connectivity index (χ4n) is 3.28. The Bertz CT molecular complexity index is 1410. The number of nitrogens with one attached hydrogen (secondary N) is 1. The molecule has 0 radical (unpaired) electrons. The van der Waals surface area contributed by atoms with Crippen LogP contribution in [0.25, 0.3) is 5.69 Å². The maximum atomic E-state index is 14.5. The quantitative estimate of drug-likeness (QED) is 0.527. The molecule has 0 spiro atoms. The Balaban J connectivity index is 1.88. The van der Waals surface area contributed by atoms with E-state index in [2.05, 4.69) is 10.4 Å². The number of para-hydroxylation sites is 2. The summed E-state index contributed by atoms with van der Waals surface area (Å²) < 4.78 is 16.1. The van der Waals surface area contributed by atoms with Crippen molar-refractivity contribution in [2.24, 2.45) is 0 Å². The first-order chi connectivity index (χ1) is 15.4. The highest BCUT2D eigenvalue weighted by Gasteiger charge is 2.21. The average molecular weight is 430 g/mol. The monoisotopic (exact) mass is 430 g/mol. The number of halogens is 1. The van der Waals surface area contributed by atoms with E-state index < -0.39 is 28.7 Å². The zero-order chi connectivity index (χ0) is 22.7. The Morgan fingerprint density at radius 2 is 1.69 bits per heavy atom. The molecule has 1 heterocycles. The molecule has 0 aliphatic rings. The standard InChI is InChI=1S/C24H19FN4O3/c1-16-8-7-9-17(14-16)15-28-23(31)21(22(30)26-18-10-3-2-4-11-18)27-29(24(28)32)20-13-6-5-12-19(20)25/h2-14H,15H2,1H3,(H,26,30). The van der Waals surface area contributed by atoms with Crippen LogP contribution in [0.4, 0.5) is 10.1 Å². The molecule has 0 aliphatic carbocycles. The maximum absolute atomic E-state index is 14.5.